The van der Waals surface area contributed by atoms with E-state index in [1.807, 2.05) is 0 Å². The van der Waals surface area contributed by atoms with Crippen molar-refractivity contribution in [2.24, 2.45) is 5.73 Å². The van der Waals surface area contributed by atoms with Crippen LogP contribution >= 0.6 is 0 Å². The first-order chi connectivity index (χ1) is 6.12. The molecular formula is C10H20N2O. The van der Waals surface area contributed by atoms with E-state index < -0.39 is 0 Å². The lowest BCUT2D eigenvalue weighted by Gasteiger charge is -2.29. The molecule has 0 saturated heterocycles. The van der Waals surface area contributed by atoms with Crippen LogP contribution < -0.4 is 11.1 Å². The van der Waals surface area contributed by atoms with E-state index in [9.17, 15) is 4.79 Å². The van der Waals surface area contributed by atoms with Gasteiger partial charge in [-0.25, -0.2) is 0 Å². The van der Waals surface area contributed by atoms with Crippen molar-refractivity contribution in [3.63, 3.8) is 0 Å². The summed E-state index contributed by atoms with van der Waals surface area (Å²) < 4.78 is 0. The Morgan fingerprint density at radius 3 is 2.31 bits per heavy atom. The topological polar surface area (TPSA) is 55.1 Å². The lowest BCUT2D eigenvalue weighted by atomic mass is 9.93. The fraction of sp³-hybridized carbons (Fsp3) is 0.900. The molecule has 0 radical (unpaired) electrons. The van der Waals surface area contributed by atoms with Crippen molar-refractivity contribution in [2.45, 2.75) is 51.0 Å². The molecule has 0 heterocycles. The molecule has 1 fully saturated rings. The smallest absolute Gasteiger partial charge is 0.231 e. The predicted octanol–water partition coefficient (Wildman–Crippen LogP) is 1.17. The maximum Gasteiger partial charge on any atom is 0.231 e. The number of hydrogen-bond donors (Lipinski definition) is 2. The average Bonchev–Trinajstić information content (AvgIpc) is 2.28. The highest BCUT2D eigenvalue weighted by atomic mass is 16.1. The first-order valence-corrected chi connectivity index (χ1v) is 5.16. The van der Waals surface area contributed by atoms with Gasteiger partial charge in [-0.2, -0.15) is 0 Å². The zero-order chi connectivity index (χ0) is 9.73. The maximum absolute atomic E-state index is 10.6. The summed E-state index contributed by atoms with van der Waals surface area (Å²) in [6, 6.07) is 0. The molecule has 0 aromatic heterocycles. The average molecular weight is 184 g/mol. The molecule has 1 rings (SSSR count). The van der Waals surface area contributed by atoms with E-state index in [-0.39, 0.29) is 11.4 Å². The highest BCUT2D eigenvalue weighted by Crippen LogP contribution is 2.26. The van der Waals surface area contributed by atoms with Crippen molar-refractivity contribution >= 4 is 5.91 Å². The Kier molecular flexibility index (Phi) is 3.72. The van der Waals surface area contributed by atoms with Gasteiger partial charge in [-0.15, -0.1) is 0 Å². The van der Waals surface area contributed by atoms with E-state index in [0.29, 0.717) is 6.54 Å². The predicted molar refractivity (Wildman–Crippen MR) is 53.3 cm³/mol. The second kappa shape index (κ2) is 4.61. The van der Waals surface area contributed by atoms with Crippen LogP contribution in [-0.2, 0) is 4.79 Å². The quantitative estimate of drug-likeness (QED) is 0.647. The van der Waals surface area contributed by atoms with Gasteiger partial charge in [0, 0.05) is 5.54 Å². The Bertz CT molecular complexity index is 172. The molecule has 3 nitrogen and oxygen atoms in total. The van der Waals surface area contributed by atoms with Gasteiger partial charge in [0.2, 0.25) is 5.91 Å². The van der Waals surface area contributed by atoms with Gasteiger partial charge in [-0.05, 0) is 19.8 Å². The molecule has 0 unspecified atom stereocenters. The highest BCUT2D eigenvalue weighted by molar-refractivity contribution is 5.75. The normalized spacial score (nSPS) is 22.2. The van der Waals surface area contributed by atoms with Crippen LogP contribution in [0.1, 0.15) is 45.4 Å². The van der Waals surface area contributed by atoms with Gasteiger partial charge < -0.3 is 11.1 Å². The Morgan fingerprint density at radius 1 is 1.31 bits per heavy atom. The van der Waals surface area contributed by atoms with Gasteiger partial charge in [0.1, 0.15) is 0 Å². The zero-order valence-corrected chi connectivity index (χ0v) is 8.44. The largest absolute Gasteiger partial charge is 0.369 e. The highest BCUT2D eigenvalue weighted by Gasteiger charge is 2.24. The molecule has 0 aromatic rings. The Hall–Kier alpha value is -0.570. The summed E-state index contributed by atoms with van der Waals surface area (Å²) in [5, 5.41) is 3.26. The van der Waals surface area contributed by atoms with E-state index in [0.717, 1.165) is 0 Å². The van der Waals surface area contributed by atoms with Crippen molar-refractivity contribution in [2.75, 3.05) is 6.54 Å². The van der Waals surface area contributed by atoms with Crippen LogP contribution in [0.2, 0.25) is 0 Å². The van der Waals surface area contributed by atoms with Crippen LogP contribution in [0.4, 0.5) is 0 Å². The van der Waals surface area contributed by atoms with Crippen molar-refractivity contribution in [3.05, 3.63) is 0 Å². The first kappa shape index (κ1) is 10.5. The minimum atomic E-state index is -0.259. The molecule has 1 saturated carbocycles. The van der Waals surface area contributed by atoms with Crippen molar-refractivity contribution in [3.8, 4) is 0 Å². The van der Waals surface area contributed by atoms with E-state index >= 15 is 0 Å². The monoisotopic (exact) mass is 184 g/mol. The van der Waals surface area contributed by atoms with Crippen LogP contribution in [-0.4, -0.2) is 18.0 Å². The van der Waals surface area contributed by atoms with Gasteiger partial charge in [-0.3, -0.25) is 4.79 Å². The number of rotatable bonds is 3. The fourth-order valence-electron chi connectivity index (χ4n) is 1.99. The fourth-order valence-corrected chi connectivity index (χ4v) is 1.99. The lowest BCUT2D eigenvalue weighted by Crippen LogP contribution is -2.45. The SMILES string of the molecule is CC1(NCC(N)=O)CCCCCC1. The van der Waals surface area contributed by atoms with Gasteiger partial charge in [-0.1, -0.05) is 25.7 Å². The number of nitrogens with two attached hydrogens (primary N) is 1. The third-order valence-corrected chi connectivity index (χ3v) is 2.90. The van der Waals surface area contributed by atoms with Crippen LogP contribution in [0.25, 0.3) is 0 Å². The van der Waals surface area contributed by atoms with Crippen molar-refractivity contribution in [1.29, 1.82) is 0 Å². The zero-order valence-electron chi connectivity index (χ0n) is 8.44. The third kappa shape index (κ3) is 3.77. The van der Waals surface area contributed by atoms with Crippen LogP contribution in [0.3, 0.4) is 0 Å². The van der Waals surface area contributed by atoms with Crippen molar-refractivity contribution in [1.82, 2.24) is 5.32 Å². The van der Waals surface area contributed by atoms with E-state index in [4.69, 9.17) is 5.73 Å². The molecule has 1 aliphatic carbocycles. The molecule has 76 valence electrons. The number of nitrogens with one attached hydrogen (secondary N) is 1. The summed E-state index contributed by atoms with van der Waals surface area (Å²) in [5.41, 5.74) is 5.25. The summed E-state index contributed by atoms with van der Waals surface area (Å²) >= 11 is 0. The molecule has 0 atom stereocenters. The van der Waals surface area contributed by atoms with E-state index in [1.54, 1.807) is 0 Å². The Morgan fingerprint density at radius 2 is 1.85 bits per heavy atom. The number of amides is 1. The summed E-state index contributed by atoms with van der Waals surface area (Å²) in [6.07, 6.45) is 7.52. The Balaban J connectivity index is 2.37. The molecule has 13 heavy (non-hydrogen) atoms. The van der Waals surface area contributed by atoms with Crippen LogP contribution in [0, 0.1) is 0 Å². The third-order valence-electron chi connectivity index (χ3n) is 2.90. The van der Waals surface area contributed by atoms with Crippen LogP contribution in [0.15, 0.2) is 0 Å². The molecule has 0 bridgehead atoms. The summed E-state index contributed by atoms with van der Waals surface area (Å²) in [7, 11) is 0. The summed E-state index contributed by atoms with van der Waals surface area (Å²) in [4.78, 5) is 10.6. The van der Waals surface area contributed by atoms with E-state index in [2.05, 4.69) is 12.2 Å². The van der Waals surface area contributed by atoms with Crippen LogP contribution in [0.5, 0.6) is 0 Å². The molecule has 3 heteroatoms. The van der Waals surface area contributed by atoms with Crippen molar-refractivity contribution < 1.29 is 4.79 Å². The van der Waals surface area contributed by atoms with E-state index in [1.165, 1.54) is 38.5 Å². The molecular weight excluding hydrogens is 164 g/mol. The number of primary amides is 1. The minimum absolute atomic E-state index is 0.144. The number of carbonyl (C=O) groups excluding carboxylic acids is 1. The molecule has 3 N–H and O–H groups in total. The van der Waals surface area contributed by atoms with Gasteiger partial charge in [0.25, 0.3) is 0 Å². The first-order valence-electron chi connectivity index (χ1n) is 5.16. The minimum Gasteiger partial charge on any atom is -0.369 e. The molecule has 0 aliphatic heterocycles. The summed E-state index contributed by atoms with van der Waals surface area (Å²) in [5.74, 6) is -0.259. The molecule has 1 amide bonds. The number of hydrogen-bond acceptors (Lipinski definition) is 2. The number of carbonyl (C=O) groups is 1. The maximum atomic E-state index is 10.6. The standard InChI is InChI=1S/C10H20N2O/c1-10(12-8-9(11)13)6-4-2-3-5-7-10/h12H,2-8H2,1H3,(H2,11,13). The van der Waals surface area contributed by atoms with Gasteiger partial charge in [0.15, 0.2) is 0 Å². The van der Waals surface area contributed by atoms with Gasteiger partial charge >= 0.3 is 0 Å². The second-order valence-corrected chi connectivity index (χ2v) is 4.29. The van der Waals surface area contributed by atoms with Gasteiger partial charge in [0.05, 0.1) is 6.54 Å². The Labute approximate surface area is 80.1 Å². The molecule has 0 spiro atoms. The molecule has 1 aliphatic rings. The second-order valence-electron chi connectivity index (χ2n) is 4.29. The lowest BCUT2D eigenvalue weighted by molar-refractivity contribution is -0.117. The summed E-state index contributed by atoms with van der Waals surface area (Å²) in [6.45, 7) is 2.51. The molecule has 0 aromatic carbocycles.